The van der Waals surface area contributed by atoms with Crippen molar-refractivity contribution in [2.24, 2.45) is 4.99 Å². The van der Waals surface area contributed by atoms with Crippen molar-refractivity contribution in [3.63, 3.8) is 0 Å². The van der Waals surface area contributed by atoms with Crippen molar-refractivity contribution in [1.29, 1.82) is 0 Å². The Morgan fingerprint density at radius 3 is 2.81 bits per heavy atom. The van der Waals surface area contributed by atoms with E-state index in [9.17, 15) is 13.2 Å². The average Bonchev–Trinajstić information content (AvgIpc) is 3.10. The van der Waals surface area contributed by atoms with E-state index in [2.05, 4.69) is 20.3 Å². The molecule has 26 heavy (non-hydrogen) atoms. The first kappa shape index (κ1) is 18.5. The molecule has 2 heterocycles. The number of aliphatic hydroxyl groups excluding tert-OH is 1. The van der Waals surface area contributed by atoms with Gasteiger partial charge in [0.25, 0.3) is 0 Å². The Labute approximate surface area is 151 Å². The van der Waals surface area contributed by atoms with Gasteiger partial charge in [-0.1, -0.05) is 0 Å². The first-order valence-electron chi connectivity index (χ1n) is 7.57. The maximum absolute atomic E-state index is 13.0. The summed E-state index contributed by atoms with van der Waals surface area (Å²) in [5, 5.41) is 12.6. The standard InChI is InChI=1S/C16H15F3N4O2S/c1-25-12-5-9(16(17,18)19)4-10(6-12)22-15-20-3-2-13(23-15)14-21-11(7-24)8-26-14/h2-6,11,24H,7-8H2,1H3,(H,20,22,23). The van der Waals surface area contributed by atoms with Crippen LogP contribution in [0.2, 0.25) is 0 Å². The van der Waals surface area contributed by atoms with Gasteiger partial charge in [-0.2, -0.15) is 13.2 Å². The molecule has 1 atom stereocenters. The average molecular weight is 384 g/mol. The van der Waals surface area contributed by atoms with Gasteiger partial charge < -0.3 is 15.2 Å². The Hall–Kier alpha value is -2.33. The summed E-state index contributed by atoms with van der Waals surface area (Å²) in [6.45, 7) is -0.0449. The molecule has 0 radical (unpaired) electrons. The van der Waals surface area contributed by atoms with Crippen LogP contribution >= 0.6 is 11.8 Å². The number of aliphatic hydroxyl groups is 1. The second-order valence-corrected chi connectivity index (χ2v) is 6.43. The van der Waals surface area contributed by atoms with Crippen molar-refractivity contribution in [1.82, 2.24) is 9.97 Å². The van der Waals surface area contributed by atoms with Crippen LogP contribution in [0.25, 0.3) is 0 Å². The van der Waals surface area contributed by atoms with E-state index >= 15 is 0 Å². The first-order valence-corrected chi connectivity index (χ1v) is 8.56. The van der Waals surface area contributed by atoms with Crippen LogP contribution in [0, 0.1) is 0 Å². The molecule has 0 saturated heterocycles. The Kier molecular flexibility index (Phi) is 5.33. The molecule has 0 aliphatic carbocycles. The van der Waals surface area contributed by atoms with E-state index in [4.69, 9.17) is 9.84 Å². The van der Waals surface area contributed by atoms with Crippen molar-refractivity contribution in [3.8, 4) is 5.75 Å². The second-order valence-electron chi connectivity index (χ2n) is 5.42. The van der Waals surface area contributed by atoms with E-state index in [1.165, 1.54) is 31.1 Å². The fraction of sp³-hybridized carbons (Fsp3) is 0.312. The second kappa shape index (κ2) is 7.50. The van der Waals surface area contributed by atoms with Gasteiger partial charge in [-0.15, -0.1) is 11.8 Å². The molecular weight excluding hydrogens is 369 g/mol. The lowest BCUT2D eigenvalue weighted by molar-refractivity contribution is -0.137. The number of nitrogens with one attached hydrogen (secondary N) is 1. The quantitative estimate of drug-likeness (QED) is 0.825. The highest BCUT2D eigenvalue weighted by Crippen LogP contribution is 2.34. The Morgan fingerprint density at radius 1 is 1.35 bits per heavy atom. The van der Waals surface area contributed by atoms with Crippen LogP contribution in [0.1, 0.15) is 11.3 Å². The van der Waals surface area contributed by atoms with Gasteiger partial charge in [0.05, 0.1) is 25.3 Å². The van der Waals surface area contributed by atoms with Crippen LogP contribution in [0.4, 0.5) is 24.8 Å². The fourth-order valence-corrected chi connectivity index (χ4v) is 3.28. The summed E-state index contributed by atoms with van der Waals surface area (Å²) in [6.07, 6.45) is -3.01. The molecule has 0 amide bonds. The van der Waals surface area contributed by atoms with Crippen LogP contribution in [0.3, 0.4) is 0 Å². The monoisotopic (exact) mass is 384 g/mol. The molecule has 0 bridgehead atoms. The minimum atomic E-state index is -4.50. The molecule has 1 aromatic carbocycles. The number of anilines is 2. The van der Waals surface area contributed by atoms with E-state index in [0.29, 0.717) is 16.5 Å². The number of rotatable bonds is 5. The molecule has 1 aromatic heterocycles. The minimum absolute atomic E-state index is 0.0449. The molecular formula is C16H15F3N4O2S. The lowest BCUT2D eigenvalue weighted by Crippen LogP contribution is -2.08. The Bertz CT molecular complexity index is 829. The largest absolute Gasteiger partial charge is 0.497 e. The lowest BCUT2D eigenvalue weighted by Gasteiger charge is -2.12. The zero-order valence-corrected chi connectivity index (χ0v) is 14.4. The third-order valence-corrected chi connectivity index (χ3v) is 4.66. The topological polar surface area (TPSA) is 79.6 Å². The molecule has 138 valence electrons. The zero-order chi connectivity index (χ0) is 18.7. The molecule has 2 N–H and O–H groups in total. The first-order chi connectivity index (χ1) is 12.4. The summed E-state index contributed by atoms with van der Waals surface area (Å²) >= 11 is 1.46. The number of hydrogen-bond donors (Lipinski definition) is 2. The summed E-state index contributed by atoms with van der Waals surface area (Å²) in [6, 6.07) is 4.79. The zero-order valence-electron chi connectivity index (χ0n) is 13.6. The molecule has 6 nitrogen and oxygen atoms in total. The predicted octanol–water partition coefficient (Wildman–Crippen LogP) is 3.10. The van der Waals surface area contributed by atoms with Crippen molar-refractivity contribution in [3.05, 3.63) is 41.7 Å². The number of thioether (sulfide) groups is 1. The Balaban J connectivity index is 1.87. The van der Waals surface area contributed by atoms with E-state index < -0.39 is 11.7 Å². The molecule has 3 rings (SSSR count). The predicted molar refractivity (Wildman–Crippen MR) is 93.2 cm³/mol. The summed E-state index contributed by atoms with van der Waals surface area (Å²) in [5.41, 5.74) is -0.137. The number of hydrogen-bond acceptors (Lipinski definition) is 7. The molecule has 0 spiro atoms. The van der Waals surface area contributed by atoms with Gasteiger partial charge in [0.1, 0.15) is 16.5 Å². The van der Waals surface area contributed by atoms with Crippen molar-refractivity contribution in [2.45, 2.75) is 12.2 Å². The lowest BCUT2D eigenvalue weighted by atomic mass is 10.2. The van der Waals surface area contributed by atoms with Crippen LogP contribution in [0.5, 0.6) is 5.75 Å². The molecule has 1 aliphatic rings. The smallest absolute Gasteiger partial charge is 0.416 e. The third kappa shape index (κ3) is 4.25. The molecule has 0 fully saturated rings. The number of benzene rings is 1. The van der Waals surface area contributed by atoms with Crippen LogP contribution in [-0.2, 0) is 6.18 Å². The highest BCUT2D eigenvalue weighted by molar-refractivity contribution is 8.14. The van der Waals surface area contributed by atoms with Crippen molar-refractivity contribution in [2.75, 3.05) is 24.8 Å². The minimum Gasteiger partial charge on any atom is -0.497 e. The highest BCUT2D eigenvalue weighted by atomic mass is 32.2. The molecule has 0 saturated carbocycles. The maximum Gasteiger partial charge on any atom is 0.416 e. The molecule has 2 aromatic rings. The maximum atomic E-state index is 13.0. The van der Waals surface area contributed by atoms with Gasteiger partial charge in [0, 0.05) is 23.7 Å². The van der Waals surface area contributed by atoms with Crippen molar-refractivity contribution >= 4 is 28.4 Å². The van der Waals surface area contributed by atoms with Crippen LogP contribution in [0.15, 0.2) is 35.5 Å². The van der Waals surface area contributed by atoms with Crippen molar-refractivity contribution < 1.29 is 23.0 Å². The number of methoxy groups -OCH3 is 1. The number of ether oxygens (including phenoxy) is 1. The number of alkyl halides is 3. The molecule has 10 heteroatoms. The highest BCUT2D eigenvalue weighted by Gasteiger charge is 2.31. The van der Waals surface area contributed by atoms with Gasteiger partial charge in [0.15, 0.2) is 0 Å². The SMILES string of the molecule is COc1cc(Nc2nccc(C3=NC(CO)CS3)n2)cc(C(F)(F)F)c1. The van der Waals surface area contributed by atoms with Gasteiger partial charge in [-0.25, -0.2) is 9.97 Å². The van der Waals surface area contributed by atoms with Gasteiger partial charge in [0.2, 0.25) is 5.95 Å². The van der Waals surface area contributed by atoms with E-state index in [1.54, 1.807) is 6.07 Å². The van der Waals surface area contributed by atoms with Gasteiger partial charge >= 0.3 is 6.18 Å². The molecule has 1 aliphatic heterocycles. The van der Waals surface area contributed by atoms with E-state index in [-0.39, 0.29) is 30.0 Å². The summed E-state index contributed by atoms with van der Waals surface area (Å²) in [5.74, 6) is 0.864. The van der Waals surface area contributed by atoms with E-state index in [0.717, 1.165) is 12.1 Å². The summed E-state index contributed by atoms with van der Waals surface area (Å²) in [4.78, 5) is 12.7. The molecule has 1 unspecified atom stereocenters. The summed E-state index contributed by atoms with van der Waals surface area (Å²) in [7, 11) is 1.30. The van der Waals surface area contributed by atoms with Crippen LogP contribution < -0.4 is 10.1 Å². The van der Waals surface area contributed by atoms with E-state index in [1.807, 2.05) is 0 Å². The third-order valence-electron chi connectivity index (χ3n) is 3.52. The van der Waals surface area contributed by atoms with Gasteiger partial charge in [-0.05, 0) is 18.2 Å². The number of aliphatic imine (C=N–C) groups is 1. The summed E-state index contributed by atoms with van der Waals surface area (Å²) < 4.78 is 44.0. The number of aromatic nitrogens is 2. The fourth-order valence-electron chi connectivity index (χ4n) is 2.27. The number of halogens is 3. The van der Waals surface area contributed by atoms with Crippen LogP contribution in [-0.4, -0.2) is 45.6 Å². The Morgan fingerprint density at radius 2 is 2.15 bits per heavy atom. The normalized spacial score (nSPS) is 17.1. The number of nitrogens with zero attached hydrogens (tertiary/aromatic N) is 3. The van der Waals surface area contributed by atoms with Gasteiger partial charge in [-0.3, -0.25) is 4.99 Å².